The second kappa shape index (κ2) is 8.08. The minimum absolute atomic E-state index is 0.825. The largest absolute Gasteiger partial charge is 0.496 e. The number of aryl methyl sites for hydroxylation is 3. The summed E-state index contributed by atoms with van der Waals surface area (Å²) in [7, 11) is 1.72. The van der Waals surface area contributed by atoms with Crippen LogP contribution in [-0.4, -0.2) is 16.7 Å². The van der Waals surface area contributed by atoms with Crippen molar-refractivity contribution in [3.63, 3.8) is 0 Å². The maximum absolute atomic E-state index is 6.20. The summed E-state index contributed by atoms with van der Waals surface area (Å²) in [6, 6.07) is 4.07. The number of aromatic nitrogens is 2. The smallest absolute Gasteiger partial charge is 0.122 e. The van der Waals surface area contributed by atoms with Crippen LogP contribution in [0.4, 0.5) is 0 Å². The Morgan fingerprint density at radius 3 is 2.71 bits per heavy atom. The van der Waals surface area contributed by atoms with Crippen LogP contribution >= 0.6 is 11.6 Å². The topological polar surface area (TPSA) is 27.1 Å². The van der Waals surface area contributed by atoms with Gasteiger partial charge < -0.3 is 9.30 Å². The Labute approximate surface area is 131 Å². The summed E-state index contributed by atoms with van der Waals surface area (Å²) >= 11 is 6.20. The fraction of sp³-hybridized carbons (Fsp3) is 0.471. The zero-order chi connectivity index (χ0) is 15.1. The molecular formula is C17H23ClN2O. The number of ether oxygens (including phenoxy) is 1. The minimum Gasteiger partial charge on any atom is -0.496 e. The van der Waals surface area contributed by atoms with Gasteiger partial charge in [0, 0.05) is 24.0 Å². The maximum atomic E-state index is 6.20. The van der Waals surface area contributed by atoms with Crippen LogP contribution in [0.5, 0.6) is 5.75 Å². The van der Waals surface area contributed by atoms with Crippen molar-refractivity contribution < 1.29 is 4.74 Å². The molecular weight excluding hydrogens is 284 g/mol. The van der Waals surface area contributed by atoms with Crippen molar-refractivity contribution in [1.29, 1.82) is 0 Å². The Morgan fingerprint density at radius 2 is 2.00 bits per heavy atom. The van der Waals surface area contributed by atoms with E-state index in [-0.39, 0.29) is 0 Å². The number of halogens is 1. The molecule has 0 N–H and O–H groups in total. The summed E-state index contributed by atoms with van der Waals surface area (Å²) in [6.07, 6.45) is 11.6. The quantitative estimate of drug-likeness (QED) is 0.663. The van der Waals surface area contributed by atoms with Crippen molar-refractivity contribution >= 4 is 11.6 Å². The summed E-state index contributed by atoms with van der Waals surface area (Å²) in [4.78, 5) is 4.05. The van der Waals surface area contributed by atoms with Crippen molar-refractivity contribution in [3.05, 3.63) is 47.0 Å². The molecule has 114 valence electrons. The van der Waals surface area contributed by atoms with Crippen molar-refractivity contribution in [2.24, 2.45) is 0 Å². The molecule has 0 aliphatic carbocycles. The van der Waals surface area contributed by atoms with Gasteiger partial charge in [-0.25, -0.2) is 4.98 Å². The molecule has 0 saturated heterocycles. The van der Waals surface area contributed by atoms with Crippen molar-refractivity contribution in [1.82, 2.24) is 9.55 Å². The van der Waals surface area contributed by atoms with E-state index in [1.165, 1.54) is 31.2 Å². The van der Waals surface area contributed by atoms with E-state index in [9.17, 15) is 0 Å². The average molecular weight is 307 g/mol. The first-order chi connectivity index (χ1) is 10.2. The van der Waals surface area contributed by atoms with E-state index in [1.54, 1.807) is 7.11 Å². The Bertz CT molecular complexity index is 552. The van der Waals surface area contributed by atoms with Gasteiger partial charge in [0.15, 0.2) is 0 Å². The predicted molar refractivity (Wildman–Crippen MR) is 87.1 cm³/mol. The van der Waals surface area contributed by atoms with Crippen LogP contribution in [0.25, 0.3) is 0 Å². The highest BCUT2D eigenvalue weighted by Gasteiger charge is 2.06. The molecule has 0 bridgehead atoms. The fourth-order valence-electron chi connectivity index (χ4n) is 2.46. The molecule has 21 heavy (non-hydrogen) atoms. The van der Waals surface area contributed by atoms with Crippen LogP contribution in [0.1, 0.15) is 36.8 Å². The summed E-state index contributed by atoms with van der Waals surface area (Å²) in [5.74, 6) is 0.954. The monoisotopic (exact) mass is 306 g/mol. The van der Waals surface area contributed by atoms with E-state index < -0.39 is 0 Å². The lowest BCUT2D eigenvalue weighted by Gasteiger charge is -2.11. The highest BCUT2D eigenvalue weighted by Crippen LogP contribution is 2.27. The number of nitrogens with zero attached hydrogens (tertiary/aromatic N) is 2. The first kappa shape index (κ1) is 15.9. The lowest BCUT2D eigenvalue weighted by atomic mass is 10.0. The van der Waals surface area contributed by atoms with E-state index >= 15 is 0 Å². The van der Waals surface area contributed by atoms with Gasteiger partial charge in [0.25, 0.3) is 0 Å². The number of benzene rings is 1. The zero-order valence-corrected chi connectivity index (χ0v) is 13.6. The van der Waals surface area contributed by atoms with Gasteiger partial charge in [-0.1, -0.05) is 24.4 Å². The maximum Gasteiger partial charge on any atom is 0.122 e. The molecule has 2 rings (SSSR count). The molecule has 1 heterocycles. The molecule has 3 nitrogen and oxygen atoms in total. The highest BCUT2D eigenvalue weighted by molar-refractivity contribution is 6.31. The molecule has 0 aliphatic heterocycles. The van der Waals surface area contributed by atoms with Crippen molar-refractivity contribution in [3.8, 4) is 5.75 Å². The molecule has 0 saturated carbocycles. The standard InChI is InChI=1S/C17H23ClN2O/c1-14-11-17(21-2)15(12-16(14)18)7-5-3-4-6-9-20-10-8-19-13-20/h8,10-13H,3-7,9H2,1-2H3. The molecule has 0 atom stereocenters. The van der Waals surface area contributed by atoms with Crippen molar-refractivity contribution in [2.45, 2.75) is 45.6 Å². The Hall–Kier alpha value is -1.48. The van der Waals surface area contributed by atoms with E-state index in [1.807, 2.05) is 37.8 Å². The third-order valence-corrected chi connectivity index (χ3v) is 4.14. The van der Waals surface area contributed by atoms with E-state index in [0.29, 0.717) is 0 Å². The zero-order valence-electron chi connectivity index (χ0n) is 12.8. The van der Waals surface area contributed by atoms with Crippen molar-refractivity contribution in [2.75, 3.05) is 7.11 Å². The Kier molecular flexibility index (Phi) is 6.12. The molecule has 0 amide bonds. The molecule has 1 aromatic carbocycles. The molecule has 0 aliphatic rings. The van der Waals surface area contributed by atoms with E-state index in [0.717, 1.165) is 29.3 Å². The number of imidazole rings is 1. The van der Waals surface area contributed by atoms with Gasteiger partial charge in [-0.2, -0.15) is 0 Å². The van der Waals surface area contributed by atoms with Crippen LogP contribution in [-0.2, 0) is 13.0 Å². The number of unbranched alkanes of at least 4 members (excludes halogenated alkanes) is 3. The lowest BCUT2D eigenvalue weighted by Crippen LogP contribution is -1.96. The first-order valence-corrected chi connectivity index (χ1v) is 7.87. The van der Waals surface area contributed by atoms with Gasteiger partial charge in [-0.05, 0) is 49.4 Å². The number of hydrogen-bond acceptors (Lipinski definition) is 2. The average Bonchev–Trinajstić information content (AvgIpc) is 2.99. The van der Waals surface area contributed by atoms with Crippen LogP contribution in [0.3, 0.4) is 0 Å². The second-order valence-electron chi connectivity index (χ2n) is 5.38. The molecule has 1 aromatic heterocycles. The van der Waals surface area contributed by atoms with Crippen LogP contribution in [0, 0.1) is 6.92 Å². The van der Waals surface area contributed by atoms with Gasteiger partial charge in [0.05, 0.1) is 13.4 Å². The predicted octanol–water partition coefficient (Wildman–Crippen LogP) is 4.66. The molecule has 0 spiro atoms. The van der Waals surface area contributed by atoms with Gasteiger partial charge in [0.1, 0.15) is 5.75 Å². The number of rotatable bonds is 8. The third kappa shape index (κ3) is 4.78. The van der Waals surface area contributed by atoms with E-state index in [2.05, 4.69) is 9.55 Å². The van der Waals surface area contributed by atoms with E-state index in [4.69, 9.17) is 16.3 Å². The molecule has 0 radical (unpaired) electrons. The highest BCUT2D eigenvalue weighted by atomic mass is 35.5. The third-order valence-electron chi connectivity index (χ3n) is 3.73. The molecule has 0 unspecified atom stereocenters. The fourth-order valence-corrected chi connectivity index (χ4v) is 2.65. The molecule has 4 heteroatoms. The van der Waals surface area contributed by atoms with Gasteiger partial charge >= 0.3 is 0 Å². The summed E-state index contributed by atoms with van der Waals surface area (Å²) in [5.41, 5.74) is 2.28. The van der Waals surface area contributed by atoms with Crippen LogP contribution in [0.15, 0.2) is 30.9 Å². The SMILES string of the molecule is COc1cc(C)c(Cl)cc1CCCCCCn1ccnc1. The Balaban J connectivity index is 1.72. The number of methoxy groups -OCH3 is 1. The number of hydrogen-bond donors (Lipinski definition) is 0. The summed E-state index contributed by atoms with van der Waals surface area (Å²) in [5, 5.41) is 0.825. The van der Waals surface area contributed by atoms with Gasteiger partial charge in [-0.15, -0.1) is 0 Å². The molecule has 2 aromatic rings. The summed E-state index contributed by atoms with van der Waals surface area (Å²) < 4.78 is 7.57. The first-order valence-electron chi connectivity index (χ1n) is 7.49. The van der Waals surface area contributed by atoms with Crippen LogP contribution < -0.4 is 4.74 Å². The Morgan fingerprint density at radius 1 is 1.19 bits per heavy atom. The lowest BCUT2D eigenvalue weighted by molar-refractivity contribution is 0.408. The van der Waals surface area contributed by atoms with Gasteiger partial charge in [0.2, 0.25) is 0 Å². The van der Waals surface area contributed by atoms with Crippen LogP contribution in [0.2, 0.25) is 5.02 Å². The normalized spacial score (nSPS) is 10.8. The minimum atomic E-state index is 0.825. The second-order valence-corrected chi connectivity index (χ2v) is 5.79. The molecule has 0 fully saturated rings. The summed E-state index contributed by atoms with van der Waals surface area (Å²) in [6.45, 7) is 3.06. The van der Waals surface area contributed by atoms with Gasteiger partial charge in [-0.3, -0.25) is 0 Å².